The van der Waals surface area contributed by atoms with E-state index >= 15 is 0 Å². The first-order valence-corrected chi connectivity index (χ1v) is 6.23. The summed E-state index contributed by atoms with van der Waals surface area (Å²) in [4.78, 5) is 0. The summed E-state index contributed by atoms with van der Waals surface area (Å²) in [7, 11) is 0. The van der Waals surface area contributed by atoms with Crippen LogP contribution in [0.15, 0.2) is 24.3 Å². The zero-order valence-electron chi connectivity index (χ0n) is 10.7. The van der Waals surface area contributed by atoms with Crippen LogP contribution in [0.5, 0.6) is 5.75 Å². The molecule has 0 radical (unpaired) electrons. The molecule has 1 aliphatic rings. The summed E-state index contributed by atoms with van der Waals surface area (Å²) < 4.78 is 10.6. The van der Waals surface area contributed by atoms with Gasteiger partial charge in [0.2, 0.25) is 6.29 Å². The van der Waals surface area contributed by atoms with Crippen molar-refractivity contribution in [1.29, 1.82) is 0 Å². The van der Waals surface area contributed by atoms with Crippen LogP contribution in [0.4, 0.5) is 0 Å². The van der Waals surface area contributed by atoms with Gasteiger partial charge in [0.15, 0.2) is 0 Å². The molecule has 0 unspecified atom stereocenters. The second-order valence-corrected chi connectivity index (χ2v) is 4.62. The lowest BCUT2D eigenvalue weighted by Gasteiger charge is -2.39. The van der Waals surface area contributed by atoms with Gasteiger partial charge in [-0.3, -0.25) is 0 Å². The largest absolute Gasteiger partial charge is 0.462 e. The highest BCUT2D eigenvalue weighted by Gasteiger charge is 2.44. The van der Waals surface area contributed by atoms with Crippen molar-refractivity contribution in [2.75, 3.05) is 6.61 Å². The van der Waals surface area contributed by atoms with E-state index in [4.69, 9.17) is 19.7 Å². The van der Waals surface area contributed by atoms with Crippen molar-refractivity contribution in [2.24, 2.45) is 0 Å². The summed E-state index contributed by atoms with van der Waals surface area (Å²) in [5.74, 6) is 0.367. The molecule has 0 aromatic heterocycles. The fraction of sp³-hybridized carbons (Fsp3) is 0.538. The van der Waals surface area contributed by atoms with Gasteiger partial charge < -0.3 is 35.0 Å². The minimum atomic E-state index is -1.47. The maximum Gasteiger partial charge on any atom is 0.229 e. The van der Waals surface area contributed by atoms with Gasteiger partial charge in [0.25, 0.3) is 0 Å². The van der Waals surface area contributed by atoms with Crippen LogP contribution in [0.2, 0.25) is 0 Å². The number of aliphatic hydroxyl groups is 5. The first-order valence-electron chi connectivity index (χ1n) is 6.23. The highest BCUT2D eigenvalue weighted by atomic mass is 16.7. The van der Waals surface area contributed by atoms with Gasteiger partial charge in [0.05, 0.1) is 13.2 Å². The quantitative estimate of drug-likeness (QED) is 0.450. The third-order valence-electron chi connectivity index (χ3n) is 3.21. The van der Waals surface area contributed by atoms with Crippen LogP contribution in [0.25, 0.3) is 0 Å². The summed E-state index contributed by atoms with van der Waals surface area (Å²) >= 11 is 0. The first kappa shape index (κ1) is 15.2. The van der Waals surface area contributed by atoms with E-state index in [1.54, 1.807) is 24.3 Å². The molecule has 1 aliphatic heterocycles. The van der Waals surface area contributed by atoms with E-state index in [0.717, 1.165) is 0 Å². The Kier molecular flexibility index (Phi) is 4.92. The fourth-order valence-corrected chi connectivity index (χ4v) is 1.97. The topological polar surface area (TPSA) is 120 Å². The smallest absolute Gasteiger partial charge is 0.229 e. The van der Waals surface area contributed by atoms with Gasteiger partial charge in [0, 0.05) is 0 Å². The predicted octanol–water partition coefficient (Wildman–Crippen LogP) is -1.64. The highest BCUT2D eigenvalue weighted by molar-refractivity contribution is 5.27. The second kappa shape index (κ2) is 6.49. The Morgan fingerprint density at radius 3 is 2.15 bits per heavy atom. The van der Waals surface area contributed by atoms with Gasteiger partial charge >= 0.3 is 0 Å². The third kappa shape index (κ3) is 3.09. The van der Waals surface area contributed by atoms with Crippen molar-refractivity contribution >= 4 is 0 Å². The summed E-state index contributed by atoms with van der Waals surface area (Å²) in [5, 5.41) is 47.0. The Hall–Kier alpha value is -1.22. The number of ether oxygens (including phenoxy) is 2. The lowest BCUT2D eigenvalue weighted by molar-refractivity contribution is -0.277. The maximum absolute atomic E-state index is 9.80. The van der Waals surface area contributed by atoms with Gasteiger partial charge in [-0.2, -0.15) is 0 Å². The average Bonchev–Trinajstić information content (AvgIpc) is 2.48. The second-order valence-electron chi connectivity index (χ2n) is 4.62. The monoisotopic (exact) mass is 286 g/mol. The Bertz CT molecular complexity index is 419. The number of aliphatic hydroxyl groups excluding tert-OH is 5. The molecule has 0 spiro atoms. The van der Waals surface area contributed by atoms with Crippen molar-refractivity contribution in [3.8, 4) is 5.75 Å². The predicted molar refractivity (Wildman–Crippen MR) is 66.8 cm³/mol. The third-order valence-corrected chi connectivity index (χ3v) is 3.21. The normalized spacial score (nSPS) is 34.0. The molecular weight excluding hydrogens is 268 g/mol. The minimum absolute atomic E-state index is 0.0969. The molecule has 1 aromatic carbocycles. The van der Waals surface area contributed by atoms with E-state index in [2.05, 4.69) is 0 Å². The van der Waals surface area contributed by atoms with Crippen LogP contribution >= 0.6 is 0 Å². The fourth-order valence-electron chi connectivity index (χ4n) is 1.97. The molecular formula is C13H18O7. The molecule has 1 fully saturated rings. The standard InChI is InChI=1S/C13H18O7/c14-5-7-1-3-8(4-2-7)19-13-12(18)11(17)10(16)9(6-15)20-13/h1-4,9-18H,5-6H2/t9-,10+,11+,12+,13+/m0/s1. The molecule has 112 valence electrons. The SMILES string of the molecule is OCc1ccc(O[C@@H]2O[C@@H](CO)[C@@H](O)[C@@H](O)[C@H]2O)cc1. The van der Waals surface area contributed by atoms with E-state index in [-0.39, 0.29) is 6.61 Å². The molecule has 7 nitrogen and oxygen atoms in total. The van der Waals surface area contributed by atoms with E-state index in [0.29, 0.717) is 11.3 Å². The Balaban J connectivity index is 2.06. The van der Waals surface area contributed by atoms with Crippen LogP contribution in [-0.2, 0) is 11.3 Å². The van der Waals surface area contributed by atoms with Crippen LogP contribution in [0.3, 0.4) is 0 Å². The number of hydrogen-bond acceptors (Lipinski definition) is 7. The summed E-state index contributed by atoms with van der Waals surface area (Å²) in [6.45, 7) is -0.603. The van der Waals surface area contributed by atoms with Crippen LogP contribution < -0.4 is 4.74 Å². The summed E-state index contributed by atoms with van der Waals surface area (Å²) in [5.41, 5.74) is 0.700. The summed E-state index contributed by atoms with van der Waals surface area (Å²) in [6.07, 6.45) is -6.53. The van der Waals surface area contributed by atoms with Crippen molar-refractivity contribution < 1.29 is 35.0 Å². The average molecular weight is 286 g/mol. The van der Waals surface area contributed by atoms with Crippen molar-refractivity contribution in [1.82, 2.24) is 0 Å². The molecule has 0 bridgehead atoms. The number of benzene rings is 1. The molecule has 1 saturated heterocycles. The van der Waals surface area contributed by atoms with E-state index in [1.165, 1.54) is 0 Å². The van der Waals surface area contributed by atoms with Gasteiger partial charge in [0.1, 0.15) is 30.2 Å². The van der Waals surface area contributed by atoms with E-state index < -0.39 is 37.3 Å². The first-order chi connectivity index (χ1) is 9.56. The molecule has 0 saturated carbocycles. The number of hydrogen-bond donors (Lipinski definition) is 5. The molecule has 5 N–H and O–H groups in total. The van der Waals surface area contributed by atoms with Crippen molar-refractivity contribution in [3.63, 3.8) is 0 Å². The summed E-state index contributed by atoms with van der Waals surface area (Å²) in [6, 6.07) is 6.43. The molecule has 7 heteroatoms. The lowest BCUT2D eigenvalue weighted by Crippen LogP contribution is -2.60. The molecule has 0 amide bonds. The van der Waals surface area contributed by atoms with Crippen molar-refractivity contribution in [2.45, 2.75) is 37.3 Å². The van der Waals surface area contributed by atoms with Gasteiger partial charge in [-0.1, -0.05) is 12.1 Å². The molecule has 2 rings (SSSR count). The molecule has 20 heavy (non-hydrogen) atoms. The van der Waals surface area contributed by atoms with Crippen LogP contribution in [-0.4, -0.2) is 62.8 Å². The van der Waals surface area contributed by atoms with Gasteiger partial charge in [-0.05, 0) is 17.7 Å². The zero-order chi connectivity index (χ0) is 14.7. The highest BCUT2D eigenvalue weighted by Crippen LogP contribution is 2.24. The van der Waals surface area contributed by atoms with Crippen LogP contribution in [0.1, 0.15) is 5.56 Å². The molecule has 5 atom stereocenters. The molecule has 0 aliphatic carbocycles. The Morgan fingerprint density at radius 2 is 1.60 bits per heavy atom. The Labute approximate surface area is 115 Å². The number of rotatable bonds is 4. The lowest BCUT2D eigenvalue weighted by atomic mass is 9.99. The molecule has 1 heterocycles. The zero-order valence-corrected chi connectivity index (χ0v) is 10.7. The van der Waals surface area contributed by atoms with Gasteiger partial charge in [-0.15, -0.1) is 0 Å². The van der Waals surface area contributed by atoms with E-state index in [1.807, 2.05) is 0 Å². The van der Waals surface area contributed by atoms with Crippen LogP contribution in [0, 0.1) is 0 Å². The minimum Gasteiger partial charge on any atom is -0.462 e. The van der Waals surface area contributed by atoms with Gasteiger partial charge in [-0.25, -0.2) is 0 Å². The Morgan fingerprint density at radius 1 is 0.950 bits per heavy atom. The maximum atomic E-state index is 9.80. The van der Waals surface area contributed by atoms with Crippen molar-refractivity contribution in [3.05, 3.63) is 29.8 Å². The molecule has 1 aromatic rings. The van der Waals surface area contributed by atoms with E-state index in [9.17, 15) is 15.3 Å².